The fourth-order valence-electron chi connectivity index (χ4n) is 2.94. The highest BCUT2D eigenvalue weighted by molar-refractivity contribution is 6.30. The highest BCUT2D eigenvalue weighted by Crippen LogP contribution is 2.36. The van der Waals surface area contributed by atoms with E-state index in [2.05, 4.69) is 4.90 Å². The standard InChI is InChI=1S/C17H19ClN2O/c18-14-7-5-13(6-8-14)17(21)9-11-20(12-10-17)16-4-2-1-3-15(16)19/h1-8,21H,9-12,19H2. The maximum atomic E-state index is 10.9. The van der Waals surface area contributed by atoms with Crippen molar-refractivity contribution in [1.82, 2.24) is 0 Å². The van der Waals surface area contributed by atoms with Gasteiger partial charge in [-0.05, 0) is 42.7 Å². The van der Waals surface area contributed by atoms with Crippen LogP contribution >= 0.6 is 11.6 Å². The van der Waals surface area contributed by atoms with Crippen LogP contribution in [0.2, 0.25) is 5.02 Å². The van der Waals surface area contributed by atoms with E-state index in [1.165, 1.54) is 0 Å². The molecule has 2 aromatic rings. The minimum absolute atomic E-state index is 0.683. The number of nitrogens with two attached hydrogens (primary N) is 1. The third-order valence-corrected chi connectivity index (χ3v) is 4.50. The van der Waals surface area contributed by atoms with Crippen LogP contribution in [0.4, 0.5) is 11.4 Å². The Morgan fingerprint density at radius 2 is 1.62 bits per heavy atom. The predicted molar refractivity (Wildman–Crippen MR) is 87.7 cm³/mol. The van der Waals surface area contributed by atoms with Gasteiger partial charge >= 0.3 is 0 Å². The van der Waals surface area contributed by atoms with E-state index >= 15 is 0 Å². The normalized spacial score (nSPS) is 17.7. The minimum atomic E-state index is -0.773. The van der Waals surface area contributed by atoms with Crippen molar-refractivity contribution in [2.24, 2.45) is 0 Å². The third-order valence-electron chi connectivity index (χ3n) is 4.25. The molecule has 0 aliphatic carbocycles. The van der Waals surface area contributed by atoms with Crippen LogP contribution in [0, 0.1) is 0 Å². The lowest BCUT2D eigenvalue weighted by Gasteiger charge is -2.40. The number of para-hydroxylation sites is 2. The van der Waals surface area contributed by atoms with E-state index in [0.29, 0.717) is 17.9 Å². The van der Waals surface area contributed by atoms with Crippen molar-refractivity contribution in [2.45, 2.75) is 18.4 Å². The Hall–Kier alpha value is -1.71. The second-order valence-electron chi connectivity index (χ2n) is 5.58. The Labute approximate surface area is 130 Å². The second-order valence-corrected chi connectivity index (χ2v) is 6.02. The highest BCUT2D eigenvalue weighted by atomic mass is 35.5. The Bertz CT molecular complexity index is 619. The first kappa shape index (κ1) is 14.2. The van der Waals surface area contributed by atoms with E-state index in [4.69, 9.17) is 17.3 Å². The van der Waals surface area contributed by atoms with Gasteiger partial charge in [-0.3, -0.25) is 0 Å². The quantitative estimate of drug-likeness (QED) is 0.836. The molecule has 3 rings (SSSR count). The number of piperidine rings is 1. The molecule has 0 saturated carbocycles. The summed E-state index contributed by atoms with van der Waals surface area (Å²) in [6.07, 6.45) is 1.37. The molecule has 110 valence electrons. The van der Waals surface area contributed by atoms with Crippen LogP contribution in [0.1, 0.15) is 18.4 Å². The summed E-state index contributed by atoms with van der Waals surface area (Å²) in [5.41, 5.74) is 8.03. The fraction of sp³-hybridized carbons (Fsp3) is 0.294. The monoisotopic (exact) mass is 302 g/mol. The van der Waals surface area contributed by atoms with Gasteiger partial charge in [0, 0.05) is 18.1 Å². The van der Waals surface area contributed by atoms with Gasteiger partial charge in [0.2, 0.25) is 0 Å². The Morgan fingerprint density at radius 1 is 1.00 bits per heavy atom. The Kier molecular flexibility index (Phi) is 3.79. The number of hydrogen-bond acceptors (Lipinski definition) is 3. The first-order chi connectivity index (χ1) is 10.1. The van der Waals surface area contributed by atoms with Gasteiger partial charge in [-0.15, -0.1) is 0 Å². The maximum Gasteiger partial charge on any atom is 0.0930 e. The molecule has 2 aromatic carbocycles. The van der Waals surface area contributed by atoms with Crippen molar-refractivity contribution in [3.8, 4) is 0 Å². The van der Waals surface area contributed by atoms with E-state index < -0.39 is 5.60 Å². The molecule has 0 aromatic heterocycles. The number of aliphatic hydroxyl groups is 1. The summed E-state index contributed by atoms with van der Waals surface area (Å²) >= 11 is 5.91. The Balaban J connectivity index is 1.75. The zero-order valence-corrected chi connectivity index (χ0v) is 12.6. The molecule has 3 N–H and O–H groups in total. The number of nitrogens with zero attached hydrogens (tertiary/aromatic N) is 1. The minimum Gasteiger partial charge on any atom is -0.397 e. The maximum absolute atomic E-state index is 10.9. The zero-order chi connectivity index (χ0) is 14.9. The van der Waals surface area contributed by atoms with Gasteiger partial charge < -0.3 is 15.7 Å². The molecule has 0 radical (unpaired) electrons. The first-order valence-corrected chi connectivity index (χ1v) is 7.54. The molecule has 0 unspecified atom stereocenters. The van der Waals surface area contributed by atoms with Crippen molar-refractivity contribution in [3.05, 3.63) is 59.1 Å². The van der Waals surface area contributed by atoms with Gasteiger partial charge in [-0.1, -0.05) is 35.9 Å². The number of rotatable bonds is 2. The van der Waals surface area contributed by atoms with Crippen LogP contribution in [-0.2, 0) is 5.60 Å². The van der Waals surface area contributed by atoms with Crippen LogP contribution in [0.25, 0.3) is 0 Å². The van der Waals surface area contributed by atoms with Gasteiger partial charge in [0.1, 0.15) is 0 Å². The lowest BCUT2D eigenvalue weighted by Crippen LogP contribution is -2.42. The molecule has 1 saturated heterocycles. The van der Waals surface area contributed by atoms with E-state index in [1.54, 1.807) is 0 Å². The third kappa shape index (κ3) is 2.85. The molecular weight excluding hydrogens is 284 g/mol. The average molecular weight is 303 g/mol. The molecule has 0 bridgehead atoms. The lowest BCUT2D eigenvalue weighted by molar-refractivity contribution is 0.0118. The molecule has 3 nitrogen and oxygen atoms in total. The topological polar surface area (TPSA) is 49.5 Å². The first-order valence-electron chi connectivity index (χ1n) is 7.16. The molecule has 1 aliphatic rings. The van der Waals surface area contributed by atoms with Crippen LogP contribution in [-0.4, -0.2) is 18.2 Å². The lowest BCUT2D eigenvalue weighted by atomic mass is 9.84. The summed E-state index contributed by atoms with van der Waals surface area (Å²) in [4.78, 5) is 2.24. The predicted octanol–water partition coefficient (Wildman–Crippen LogP) is 3.41. The van der Waals surface area contributed by atoms with Crippen molar-refractivity contribution < 1.29 is 5.11 Å². The van der Waals surface area contributed by atoms with E-state index in [9.17, 15) is 5.11 Å². The van der Waals surface area contributed by atoms with Crippen LogP contribution < -0.4 is 10.6 Å². The Morgan fingerprint density at radius 3 is 2.24 bits per heavy atom. The number of anilines is 2. The van der Waals surface area contributed by atoms with Crippen molar-refractivity contribution in [3.63, 3.8) is 0 Å². The smallest absolute Gasteiger partial charge is 0.0930 e. The van der Waals surface area contributed by atoms with Crippen molar-refractivity contribution >= 4 is 23.0 Å². The van der Waals surface area contributed by atoms with Gasteiger partial charge in [-0.25, -0.2) is 0 Å². The van der Waals surface area contributed by atoms with Crippen LogP contribution in [0.15, 0.2) is 48.5 Å². The zero-order valence-electron chi connectivity index (χ0n) is 11.8. The molecule has 4 heteroatoms. The summed E-state index contributed by atoms with van der Waals surface area (Å²) in [6.45, 7) is 1.57. The van der Waals surface area contributed by atoms with Gasteiger partial charge in [0.05, 0.1) is 17.0 Å². The summed E-state index contributed by atoms with van der Waals surface area (Å²) < 4.78 is 0. The number of hydrogen-bond donors (Lipinski definition) is 2. The molecule has 0 spiro atoms. The largest absolute Gasteiger partial charge is 0.397 e. The summed E-state index contributed by atoms with van der Waals surface area (Å²) in [6, 6.07) is 15.4. The fourth-order valence-corrected chi connectivity index (χ4v) is 3.07. The molecule has 21 heavy (non-hydrogen) atoms. The average Bonchev–Trinajstić information content (AvgIpc) is 2.49. The molecule has 0 atom stereocenters. The molecule has 1 heterocycles. The van der Waals surface area contributed by atoms with Gasteiger partial charge in [-0.2, -0.15) is 0 Å². The molecule has 0 amide bonds. The van der Waals surface area contributed by atoms with Crippen molar-refractivity contribution in [2.75, 3.05) is 23.7 Å². The van der Waals surface area contributed by atoms with Crippen LogP contribution in [0.3, 0.4) is 0 Å². The van der Waals surface area contributed by atoms with E-state index in [0.717, 1.165) is 30.0 Å². The number of nitrogen functional groups attached to an aromatic ring is 1. The number of benzene rings is 2. The molecule has 1 aliphatic heterocycles. The number of halogens is 1. The summed E-state index contributed by atoms with van der Waals surface area (Å²) in [7, 11) is 0. The van der Waals surface area contributed by atoms with Crippen LogP contribution in [0.5, 0.6) is 0 Å². The summed E-state index contributed by atoms with van der Waals surface area (Å²) in [5, 5.41) is 11.6. The van der Waals surface area contributed by atoms with E-state index in [-0.39, 0.29) is 0 Å². The highest BCUT2D eigenvalue weighted by Gasteiger charge is 2.34. The van der Waals surface area contributed by atoms with E-state index in [1.807, 2.05) is 48.5 Å². The molecule has 1 fully saturated rings. The molecular formula is C17H19ClN2O. The van der Waals surface area contributed by atoms with Gasteiger partial charge in [0.25, 0.3) is 0 Å². The summed E-state index contributed by atoms with van der Waals surface area (Å²) in [5.74, 6) is 0. The van der Waals surface area contributed by atoms with Gasteiger partial charge in [0.15, 0.2) is 0 Å². The van der Waals surface area contributed by atoms with Crippen molar-refractivity contribution in [1.29, 1.82) is 0 Å². The second kappa shape index (κ2) is 5.58. The SMILES string of the molecule is Nc1ccccc1N1CCC(O)(c2ccc(Cl)cc2)CC1.